The zero-order valence-corrected chi connectivity index (χ0v) is 30.1. The molecule has 1 aliphatic carbocycles. The molecule has 1 saturated carbocycles. The van der Waals surface area contributed by atoms with Crippen LogP contribution in [0.25, 0.3) is 0 Å². The molecule has 0 aromatic heterocycles. The second kappa shape index (κ2) is 15.3. The smallest absolute Gasteiger partial charge is 0.408 e. The first-order valence-electron chi connectivity index (χ1n) is 16.8. The fourth-order valence-electron chi connectivity index (χ4n) is 5.77. The number of rotatable bonds is 12. The topological polar surface area (TPSA) is 114 Å². The molecule has 0 saturated heterocycles. The van der Waals surface area contributed by atoms with E-state index in [1.54, 1.807) is 46.4 Å². The van der Waals surface area contributed by atoms with Crippen LogP contribution in [0.5, 0.6) is 0 Å². The van der Waals surface area contributed by atoms with E-state index >= 15 is 0 Å². The number of carbonyl (C=O) groups excluding carboxylic acids is 4. The summed E-state index contributed by atoms with van der Waals surface area (Å²) in [6, 6.07) is 12.0. The molecular weight excluding hydrogens is 594 g/mol. The lowest BCUT2D eigenvalue weighted by Gasteiger charge is -2.38. The summed E-state index contributed by atoms with van der Waals surface area (Å²) in [6.45, 7) is 20.4. The van der Waals surface area contributed by atoms with E-state index in [9.17, 15) is 19.2 Å². The molecule has 1 fully saturated rings. The molecule has 6 atom stereocenters. The molecule has 0 heterocycles. The van der Waals surface area contributed by atoms with E-state index in [1.807, 2.05) is 83.1 Å². The van der Waals surface area contributed by atoms with Crippen LogP contribution in [0.15, 0.2) is 48.5 Å². The Balaban J connectivity index is 2.13. The normalized spacial score (nSPS) is 18.6. The molecule has 1 aliphatic rings. The maximum atomic E-state index is 14.8. The third-order valence-electron chi connectivity index (χ3n) is 8.46. The monoisotopic (exact) mass is 649 g/mol. The zero-order valence-electron chi connectivity index (χ0n) is 30.1. The van der Waals surface area contributed by atoms with E-state index < -0.39 is 47.3 Å². The highest BCUT2D eigenvalue weighted by atomic mass is 16.6. The van der Waals surface area contributed by atoms with Gasteiger partial charge in [-0.05, 0) is 95.9 Å². The fraction of sp³-hybridized carbons (Fsp3) is 0.579. The van der Waals surface area contributed by atoms with Crippen LogP contribution in [0.4, 0.5) is 4.79 Å². The minimum Gasteiger partial charge on any atom is -0.458 e. The maximum Gasteiger partial charge on any atom is 0.408 e. The predicted octanol–water partition coefficient (Wildman–Crippen LogP) is 6.59. The largest absolute Gasteiger partial charge is 0.458 e. The summed E-state index contributed by atoms with van der Waals surface area (Å²) >= 11 is 0. The highest BCUT2D eigenvalue weighted by Gasteiger charge is 2.50. The first-order chi connectivity index (χ1) is 21.8. The van der Waals surface area contributed by atoms with E-state index in [1.165, 1.54) is 0 Å². The SMILES string of the molecule is CCC(C)C(NC(=O)OC(C)(C)C)C(=O)N(C(C(=O)NC(Cc1ccccc1)C(=O)OC(C)(C)C)c1c(C)cccc1C)C1CC1C. The van der Waals surface area contributed by atoms with Crippen LogP contribution in [-0.4, -0.2) is 58.1 Å². The molecule has 3 rings (SSSR count). The number of ether oxygens (including phenoxy) is 2. The van der Waals surface area contributed by atoms with E-state index in [2.05, 4.69) is 10.6 Å². The van der Waals surface area contributed by atoms with Crippen molar-refractivity contribution >= 4 is 23.9 Å². The Hall–Kier alpha value is -3.88. The van der Waals surface area contributed by atoms with Crippen molar-refractivity contribution in [1.29, 1.82) is 0 Å². The molecule has 9 nitrogen and oxygen atoms in total. The second-order valence-corrected chi connectivity index (χ2v) is 15.0. The van der Waals surface area contributed by atoms with Crippen molar-refractivity contribution in [1.82, 2.24) is 15.5 Å². The summed E-state index contributed by atoms with van der Waals surface area (Å²) in [4.78, 5) is 57.8. The highest BCUT2D eigenvalue weighted by Crippen LogP contribution is 2.42. The van der Waals surface area contributed by atoms with Crippen molar-refractivity contribution in [2.45, 2.75) is 131 Å². The van der Waals surface area contributed by atoms with Gasteiger partial charge in [-0.1, -0.05) is 75.7 Å². The Morgan fingerprint density at radius 3 is 1.91 bits per heavy atom. The number of aryl methyl sites for hydroxylation is 2. The second-order valence-electron chi connectivity index (χ2n) is 15.0. The number of carbonyl (C=O) groups is 4. The van der Waals surface area contributed by atoms with Gasteiger partial charge in [-0.25, -0.2) is 9.59 Å². The number of nitrogens with one attached hydrogen (secondary N) is 2. The van der Waals surface area contributed by atoms with Gasteiger partial charge in [0.05, 0.1) is 0 Å². The Labute approximate surface area is 281 Å². The molecule has 47 heavy (non-hydrogen) atoms. The third kappa shape index (κ3) is 10.6. The van der Waals surface area contributed by atoms with Gasteiger partial charge >= 0.3 is 12.1 Å². The lowest BCUT2D eigenvalue weighted by Crippen LogP contribution is -2.57. The predicted molar refractivity (Wildman–Crippen MR) is 184 cm³/mol. The van der Waals surface area contributed by atoms with Crippen molar-refractivity contribution in [3.63, 3.8) is 0 Å². The van der Waals surface area contributed by atoms with E-state index in [0.717, 1.165) is 16.7 Å². The molecule has 2 N–H and O–H groups in total. The number of amides is 3. The average molecular weight is 650 g/mol. The van der Waals surface area contributed by atoms with Crippen LogP contribution in [0, 0.1) is 25.7 Å². The van der Waals surface area contributed by atoms with Crippen molar-refractivity contribution in [2.75, 3.05) is 0 Å². The number of hydrogen-bond donors (Lipinski definition) is 2. The van der Waals surface area contributed by atoms with Crippen molar-refractivity contribution in [3.8, 4) is 0 Å². The van der Waals surface area contributed by atoms with Crippen molar-refractivity contribution in [2.24, 2.45) is 11.8 Å². The molecule has 2 aromatic rings. The van der Waals surface area contributed by atoms with Gasteiger partial charge in [0.2, 0.25) is 11.8 Å². The summed E-state index contributed by atoms with van der Waals surface area (Å²) in [6.07, 6.45) is 0.836. The minimum absolute atomic E-state index is 0.142. The molecule has 0 spiro atoms. The van der Waals surface area contributed by atoms with E-state index in [0.29, 0.717) is 18.4 Å². The van der Waals surface area contributed by atoms with Crippen LogP contribution in [0.3, 0.4) is 0 Å². The van der Waals surface area contributed by atoms with Crippen molar-refractivity contribution < 1.29 is 28.7 Å². The van der Waals surface area contributed by atoms with Gasteiger partial charge in [0.15, 0.2) is 0 Å². The van der Waals surface area contributed by atoms with E-state index in [4.69, 9.17) is 9.47 Å². The number of benzene rings is 2. The fourth-order valence-corrected chi connectivity index (χ4v) is 5.77. The highest BCUT2D eigenvalue weighted by molar-refractivity contribution is 5.95. The Morgan fingerprint density at radius 2 is 1.43 bits per heavy atom. The Kier molecular flexibility index (Phi) is 12.3. The number of alkyl carbamates (subject to hydrolysis) is 1. The van der Waals surface area contributed by atoms with Gasteiger partial charge in [-0.15, -0.1) is 0 Å². The summed E-state index contributed by atoms with van der Waals surface area (Å²) in [5, 5.41) is 5.84. The van der Waals surface area contributed by atoms with E-state index in [-0.39, 0.29) is 30.2 Å². The summed E-state index contributed by atoms with van der Waals surface area (Å²) in [5.41, 5.74) is 1.70. The molecular formula is C38H55N3O6. The lowest BCUT2D eigenvalue weighted by molar-refractivity contribution is -0.159. The standard InChI is InChI=1S/C38H55N3O6/c1-12-23(2)31(40-36(45)47-38(9,10)11)34(43)41(29-21-26(29)5)32(30-24(3)17-16-18-25(30)4)33(42)39-28(35(44)46-37(6,7)8)22-27-19-14-13-15-20-27/h13-20,23,26,28-29,31-32H,12,21-22H2,1-11H3,(H,39,42)(H,40,45). The third-order valence-corrected chi connectivity index (χ3v) is 8.46. The van der Waals surface area contributed by atoms with Gasteiger partial charge in [0.25, 0.3) is 0 Å². The first-order valence-corrected chi connectivity index (χ1v) is 16.8. The zero-order chi connectivity index (χ0) is 35.3. The Morgan fingerprint density at radius 1 is 0.872 bits per heavy atom. The molecule has 0 bridgehead atoms. The molecule has 0 radical (unpaired) electrons. The maximum absolute atomic E-state index is 14.8. The van der Waals surface area contributed by atoms with Crippen LogP contribution >= 0.6 is 0 Å². The minimum atomic E-state index is -1.06. The van der Waals surface area contributed by atoms with Crippen LogP contribution < -0.4 is 10.6 Å². The number of nitrogens with zero attached hydrogens (tertiary/aromatic N) is 1. The number of esters is 1. The first kappa shape index (κ1) is 37.6. The molecule has 9 heteroatoms. The lowest BCUT2D eigenvalue weighted by atomic mass is 9.91. The summed E-state index contributed by atoms with van der Waals surface area (Å²) in [7, 11) is 0. The average Bonchev–Trinajstić information content (AvgIpc) is 3.68. The summed E-state index contributed by atoms with van der Waals surface area (Å²) < 4.78 is 11.3. The van der Waals surface area contributed by atoms with Crippen LogP contribution in [0.2, 0.25) is 0 Å². The van der Waals surface area contributed by atoms with Crippen molar-refractivity contribution in [3.05, 3.63) is 70.8 Å². The van der Waals surface area contributed by atoms with Gasteiger partial charge < -0.3 is 25.0 Å². The molecule has 2 aromatic carbocycles. The molecule has 3 amide bonds. The van der Waals surface area contributed by atoms with Gasteiger partial charge in [0, 0.05) is 12.5 Å². The molecule has 0 aliphatic heterocycles. The van der Waals surface area contributed by atoms with Gasteiger partial charge in [-0.3, -0.25) is 9.59 Å². The van der Waals surface area contributed by atoms with Crippen LogP contribution in [-0.2, 0) is 30.3 Å². The van der Waals surface area contributed by atoms with Crippen LogP contribution in [0.1, 0.15) is 103 Å². The Bertz CT molecular complexity index is 1390. The summed E-state index contributed by atoms with van der Waals surface area (Å²) in [5.74, 6) is -1.51. The van der Waals surface area contributed by atoms with Gasteiger partial charge in [-0.2, -0.15) is 0 Å². The number of hydrogen-bond acceptors (Lipinski definition) is 6. The molecule has 6 unspecified atom stereocenters. The quantitative estimate of drug-likeness (QED) is 0.251. The van der Waals surface area contributed by atoms with Gasteiger partial charge in [0.1, 0.15) is 29.3 Å². The molecule has 258 valence electrons.